The Bertz CT molecular complexity index is 456. The Labute approximate surface area is 111 Å². The summed E-state index contributed by atoms with van der Waals surface area (Å²) in [4.78, 5) is 27.8. The van der Waals surface area contributed by atoms with Gasteiger partial charge in [0.1, 0.15) is 6.04 Å². The maximum Gasteiger partial charge on any atom is 0.245 e. The summed E-state index contributed by atoms with van der Waals surface area (Å²) in [5.41, 5.74) is 0. The smallest absolute Gasteiger partial charge is 0.245 e. The molecule has 2 amide bonds. The Hall–Kier alpha value is -1.36. The quantitative estimate of drug-likeness (QED) is 0.902. The van der Waals surface area contributed by atoms with Crippen LogP contribution in [0.2, 0.25) is 0 Å². The zero-order valence-corrected chi connectivity index (χ0v) is 11.5. The van der Waals surface area contributed by atoms with Crippen LogP contribution >= 0.6 is 11.3 Å². The van der Waals surface area contributed by atoms with Crippen molar-refractivity contribution < 1.29 is 9.59 Å². The maximum atomic E-state index is 12.1. The van der Waals surface area contributed by atoms with E-state index in [1.165, 1.54) is 9.75 Å². The van der Waals surface area contributed by atoms with E-state index in [9.17, 15) is 9.59 Å². The van der Waals surface area contributed by atoms with Gasteiger partial charge in [-0.15, -0.1) is 11.3 Å². The zero-order valence-electron chi connectivity index (χ0n) is 10.7. The summed E-state index contributed by atoms with van der Waals surface area (Å²) in [5.74, 6) is -0.0360. The summed E-state index contributed by atoms with van der Waals surface area (Å²) in [6, 6.07) is 3.77. The molecule has 0 aromatic carbocycles. The first-order chi connectivity index (χ1) is 8.60. The molecule has 2 rings (SSSR count). The molecule has 98 valence electrons. The second-order valence-corrected chi connectivity index (χ2v) is 5.77. The van der Waals surface area contributed by atoms with E-state index in [1.807, 2.05) is 0 Å². The molecule has 1 aliphatic heterocycles. The summed E-state index contributed by atoms with van der Waals surface area (Å²) < 4.78 is 0. The van der Waals surface area contributed by atoms with Gasteiger partial charge in [0.15, 0.2) is 0 Å². The number of thiophene rings is 1. The number of aryl methyl sites for hydroxylation is 1. The molecule has 0 spiro atoms. The minimum atomic E-state index is -0.411. The van der Waals surface area contributed by atoms with Crippen molar-refractivity contribution in [2.45, 2.75) is 39.3 Å². The number of rotatable bonds is 3. The van der Waals surface area contributed by atoms with Gasteiger partial charge in [-0.25, -0.2) is 0 Å². The molecule has 1 aromatic heterocycles. The SMILES string of the molecule is CCc1ccc(CN2CCC(=O)NC(C)C2=O)s1. The number of amides is 2. The molecule has 0 bridgehead atoms. The average Bonchev–Trinajstić information content (AvgIpc) is 2.76. The van der Waals surface area contributed by atoms with Crippen LogP contribution in [0, 0.1) is 0 Å². The van der Waals surface area contributed by atoms with Crippen LogP contribution in [0.1, 0.15) is 30.0 Å². The van der Waals surface area contributed by atoms with Crippen LogP contribution in [0.25, 0.3) is 0 Å². The molecule has 2 heterocycles. The van der Waals surface area contributed by atoms with Gasteiger partial charge < -0.3 is 10.2 Å². The largest absolute Gasteiger partial charge is 0.345 e. The molecule has 4 nitrogen and oxygen atoms in total. The number of nitrogens with zero attached hydrogens (tertiary/aromatic N) is 1. The van der Waals surface area contributed by atoms with E-state index in [2.05, 4.69) is 24.4 Å². The number of hydrogen-bond acceptors (Lipinski definition) is 3. The predicted octanol–water partition coefficient (Wildman–Crippen LogP) is 1.55. The highest BCUT2D eigenvalue weighted by Crippen LogP contribution is 2.19. The molecule has 0 aliphatic carbocycles. The van der Waals surface area contributed by atoms with Crippen LogP contribution in [0.4, 0.5) is 0 Å². The Morgan fingerprint density at radius 2 is 2.11 bits per heavy atom. The van der Waals surface area contributed by atoms with Gasteiger partial charge in [0.25, 0.3) is 0 Å². The van der Waals surface area contributed by atoms with Gasteiger partial charge in [0.2, 0.25) is 11.8 Å². The number of carbonyl (C=O) groups is 2. The molecule has 1 unspecified atom stereocenters. The molecule has 0 saturated carbocycles. The first-order valence-electron chi connectivity index (χ1n) is 6.26. The highest BCUT2D eigenvalue weighted by molar-refractivity contribution is 7.11. The van der Waals surface area contributed by atoms with Gasteiger partial charge in [0.05, 0.1) is 6.54 Å². The van der Waals surface area contributed by atoms with Crippen molar-refractivity contribution in [1.29, 1.82) is 0 Å². The van der Waals surface area contributed by atoms with Crippen LogP contribution < -0.4 is 5.32 Å². The molecular weight excluding hydrogens is 248 g/mol. The third-order valence-electron chi connectivity index (χ3n) is 3.08. The van der Waals surface area contributed by atoms with Crippen molar-refractivity contribution in [3.05, 3.63) is 21.9 Å². The van der Waals surface area contributed by atoms with E-state index >= 15 is 0 Å². The molecule has 0 radical (unpaired) electrons. The molecule has 1 saturated heterocycles. The molecule has 1 atom stereocenters. The fourth-order valence-corrected chi connectivity index (χ4v) is 3.01. The van der Waals surface area contributed by atoms with Crippen LogP contribution in [-0.4, -0.2) is 29.3 Å². The lowest BCUT2D eigenvalue weighted by atomic mass is 10.3. The third kappa shape index (κ3) is 2.90. The minimum Gasteiger partial charge on any atom is -0.345 e. The Kier molecular flexibility index (Phi) is 4.01. The van der Waals surface area contributed by atoms with Gasteiger partial charge in [0, 0.05) is 22.7 Å². The first-order valence-corrected chi connectivity index (χ1v) is 7.07. The Morgan fingerprint density at radius 3 is 2.78 bits per heavy atom. The fourth-order valence-electron chi connectivity index (χ4n) is 2.04. The van der Waals surface area contributed by atoms with Crippen molar-refractivity contribution in [2.75, 3.05) is 6.54 Å². The van der Waals surface area contributed by atoms with Crippen molar-refractivity contribution in [3.63, 3.8) is 0 Å². The number of carbonyl (C=O) groups excluding carboxylic acids is 2. The number of nitrogens with one attached hydrogen (secondary N) is 1. The minimum absolute atomic E-state index is 0.00676. The second-order valence-electron chi connectivity index (χ2n) is 4.52. The summed E-state index contributed by atoms with van der Waals surface area (Å²) >= 11 is 1.74. The summed E-state index contributed by atoms with van der Waals surface area (Å²) in [6.45, 7) is 4.99. The first kappa shape index (κ1) is 13.1. The van der Waals surface area contributed by atoms with Crippen molar-refractivity contribution >= 4 is 23.2 Å². The highest BCUT2D eigenvalue weighted by atomic mass is 32.1. The molecule has 5 heteroatoms. The summed E-state index contributed by atoms with van der Waals surface area (Å²) in [6.07, 6.45) is 1.41. The van der Waals surface area contributed by atoms with E-state index in [0.29, 0.717) is 19.5 Å². The standard InChI is InChI=1S/C13H18N2O2S/c1-3-10-4-5-11(18-10)8-15-7-6-12(16)14-9(2)13(15)17/h4-5,9H,3,6-8H2,1-2H3,(H,14,16). The molecule has 1 fully saturated rings. The van der Waals surface area contributed by atoms with Gasteiger partial charge in [-0.05, 0) is 25.5 Å². The average molecular weight is 266 g/mol. The second kappa shape index (κ2) is 5.52. The van der Waals surface area contributed by atoms with E-state index in [0.717, 1.165) is 6.42 Å². The topological polar surface area (TPSA) is 49.4 Å². The normalized spacial score (nSPS) is 20.8. The molecule has 1 aliphatic rings. The highest BCUT2D eigenvalue weighted by Gasteiger charge is 2.26. The number of hydrogen-bond donors (Lipinski definition) is 1. The maximum absolute atomic E-state index is 12.1. The van der Waals surface area contributed by atoms with Gasteiger partial charge in [-0.1, -0.05) is 6.92 Å². The molecule has 18 heavy (non-hydrogen) atoms. The van der Waals surface area contributed by atoms with E-state index in [4.69, 9.17) is 0 Å². The van der Waals surface area contributed by atoms with Gasteiger partial charge in [-0.2, -0.15) is 0 Å². The van der Waals surface area contributed by atoms with Crippen LogP contribution in [0.5, 0.6) is 0 Å². The van der Waals surface area contributed by atoms with Crippen LogP contribution in [-0.2, 0) is 22.6 Å². The summed E-state index contributed by atoms with van der Waals surface area (Å²) in [5, 5.41) is 2.70. The predicted molar refractivity (Wildman–Crippen MR) is 71.3 cm³/mol. The lowest BCUT2D eigenvalue weighted by Crippen LogP contribution is -2.42. The van der Waals surface area contributed by atoms with E-state index in [1.54, 1.807) is 23.2 Å². The van der Waals surface area contributed by atoms with Crippen molar-refractivity contribution in [2.24, 2.45) is 0 Å². The monoisotopic (exact) mass is 266 g/mol. The lowest BCUT2D eigenvalue weighted by Gasteiger charge is -2.21. The third-order valence-corrected chi connectivity index (χ3v) is 4.30. The van der Waals surface area contributed by atoms with Gasteiger partial charge in [-0.3, -0.25) is 9.59 Å². The fraction of sp³-hybridized carbons (Fsp3) is 0.538. The molecule has 1 N–H and O–H groups in total. The van der Waals surface area contributed by atoms with E-state index < -0.39 is 6.04 Å². The zero-order chi connectivity index (χ0) is 13.1. The Morgan fingerprint density at radius 1 is 1.39 bits per heavy atom. The molecular formula is C13H18N2O2S. The molecule has 1 aromatic rings. The van der Waals surface area contributed by atoms with Crippen LogP contribution in [0.15, 0.2) is 12.1 Å². The van der Waals surface area contributed by atoms with E-state index in [-0.39, 0.29) is 11.8 Å². The summed E-state index contributed by atoms with van der Waals surface area (Å²) in [7, 11) is 0. The Balaban J connectivity index is 2.07. The van der Waals surface area contributed by atoms with Crippen molar-refractivity contribution in [3.8, 4) is 0 Å². The lowest BCUT2D eigenvalue weighted by molar-refractivity contribution is -0.133. The van der Waals surface area contributed by atoms with Gasteiger partial charge >= 0.3 is 0 Å². The van der Waals surface area contributed by atoms with Crippen LogP contribution in [0.3, 0.4) is 0 Å². The van der Waals surface area contributed by atoms with Crippen molar-refractivity contribution in [1.82, 2.24) is 10.2 Å².